The summed E-state index contributed by atoms with van der Waals surface area (Å²) in [4.78, 5) is 12.1. The predicted molar refractivity (Wildman–Crippen MR) is 101 cm³/mol. The monoisotopic (exact) mass is 411 g/mol. The summed E-state index contributed by atoms with van der Waals surface area (Å²) < 4.78 is 54.3. The smallest absolute Gasteiger partial charge is 0.338 e. The summed E-state index contributed by atoms with van der Waals surface area (Å²) in [5.74, 6) is -0.351. The molecule has 2 aromatic carbocycles. The molecule has 0 N–H and O–H groups in total. The molecule has 0 saturated heterocycles. The standard InChI is InChI=1S/C19H22FNO6S/c1-21(2)28(23,24)18-13-14(5-10-17(18)25-3)19(22)27-12-4-11-26-16-8-6-15(20)7-9-16/h5-10,13H,4,11-12H2,1-3H3. The Hall–Kier alpha value is -2.65. The Balaban J connectivity index is 1.94. The average molecular weight is 411 g/mol. The third kappa shape index (κ3) is 5.43. The molecule has 0 spiro atoms. The quantitative estimate of drug-likeness (QED) is 0.466. The van der Waals surface area contributed by atoms with Crippen LogP contribution in [0.1, 0.15) is 16.8 Å². The lowest BCUT2D eigenvalue weighted by Crippen LogP contribution is -2.23. The number of hydrogen-bond donors (Lipinski definition) is 0. The zero-order chi connectivity index (χ0) is 20.7. The fourth-order valence-electron chi connectivity index (χ4n) is 2.23. The number of sulfonamides is 1. The zero-order valence-corrected chi connectivity index (χ0v) is 16.7. The van der Waals surface area contributed by atoms with Crippen LogP contribution in [-0.4, -0.2) is 53.1 Å². The summed E-state index contributed by atoms with van der Waals surface area (Å²) in [6.07, 6.45) is 0.419. The van der Waals surface area contributed by atoms with Gasteiger partial charge in [-0.2, -0.15) is 0 Å². The predicted octanol–water partition coefficient (Wildman–Crippen LogP) is 2.71. The van der Waals surface area contributed by atoms with Gasteiger partial charge < -0.3 is 14.2 Å². The first kappa shape index (κ1) is 21.6. The molecular formula is C19H22FNO6S. The van der Waals surface area contributed by atoms with Gasteiger partial charge in [0.05, 0.1) is 25.9 Å². The van der Waals surface area contributed by atoms with Crippen LogP contribution in [0.4, 0.5) is 4.39 Å². The maximum absolute atomic E-state index is 12.8. The van der Waals surface area contributed by atoms with Gasteiger partial charge in [0.1, 0.15) is 22.2 Å². The Bertz CT molecular complexity index is 913. The van der Waals surface area contributed by atoms with E-state index in [4.69, 9.17) is 14.2 Å². The highest BCUT2D eigenvalue weighted by molar-refractivity contribution is 7.89. The summed E-state index contributed by atoms with van der Waals surface area (Å²) in [5, 5.41) is 0. The van der Waals surface area contributed by atoms with Crippen molar-refractivity contribution in [2.24, 2.45) is 0 Å². The van der Waals surface area contributed by atoms with Gasteiger partial charge in [0, 0.05) is 20.5 Å². The molecule has 0 bridgehead atoms. The molecule has 0 aromatic heterocycles. The maximum Gasteiger partial charge on any atom is 0.338 e. The molecule has 9 heteroatoms. The van der Waals surface area contributed by atoms with Gasteiger partial charge in [-0.15, -0.1) is 0 Å². The second-order valence-electron chi connectivity index (χ2n) is 5.94. The Kier molecular flexibility index (Phi) is 7.36. The summed E-state index contributed by atoms with van der Waals surface area (Å²) in [6.45, 7) is 0.365. The Morgan fingerprint density at radius 3 is 2.36 bits per heavy atom. The highest BCUT2D eigenvalue weighted by Gasteiger charge is 2.24. The van der Waals surface area contributed by atoms with Crippen molar-refractivity contribution in [1.29, 1.82) is 0 Å². The van der Waals surface area contributed by atoms with Crippen LogP contribution in [0.5, 0.6) is 11.5 Å². The molecule has 0 aliphatic rings. The number of carbonyl (C=O) groups is 1. The third-order valence-corrected chi connectivity index (χ3v) is 5.60. The first-order valence-electron chi connectivity index (χ1n) is 8.41. The fraction of sp³-hybridized carbons (Fsp3) is 0.316. The van der Waals surface area contributed by atoms with E-state index in [1.54, 1.807) is 0 Å². The number of ether oxygens (including phenoxy) is 3. The molecule has 0 radical (unpaired) electrons. The van der Waals surface area contributed by atoms with Gasteiger partial charge in [0.15, 0.2) is 0 Å². The van der Waals surface area contributed by atoms with E-state index >= 15 is 0 Å². The van der Waals surface area contributed by atoms with Crippen LogP contribution in [0, 0.1) is 5.82 Å². The normalized spacial score (nSPS) is 11.3. The maximum atomic E-state index is 12.8. The van der Waals surface area contributed by atoms with Gasteiger partial charge in [0.25, 0.3) is 0 Å². The van der Waals surface area contributed by atoms with Crippen LogP contribution >= 0.6 is 0 Å². The van der Waals surface area contributed by atoms with Gasteiger partial charge in [-0.1, -0.05) is 0 Å². The Morgan fingerprint density at radius 1 is 1.07 bits per heavy atom. The number of methoxy groups -OCH3 is 1. The largest absolute Gasteiger partial charge is 0.495 e. The van der Waals surface area contributed by atoms with Gasteiger partial charge in [-0.3, -0.25) is 0 Å². The summed E-state index contributed by atoms with van der Waals surface area (Å²) >= 11 is 0. The van der Waals surface area contributed by atoms with E-state index in [0.29, 0.717) is 12.2 Å². The lowest BCUT2D eigenvalue weighted by Gasteiger charge is -2.15. The summed E-state index contributed by atoms with van der Waals surface area (Å²) in [6, 6.07) is 9.66. The number of esters is 1. The number of nitrogens with zero attached hydrogens (tertiary/aromatic N) is 1. The average Bonchev–Trinajstić information content (AvgIpc) is 2.68. The minimum absolute atomic E-state index is 0.0851. The molecule has 0 aliphatic carbocycles. The zero-order valence-electron chi connectivity index (χ0n) is 15.8. The second-order valence-corrected chi connectivity index (χ2v) is 8.07. The first-order chi connectivity index (χ1) is 13.3. The Morgan fingerprint density at radius 2 is 1.75 bits per heavy atom. The van der Waals surface area contributed by atoms with E-state index in [1.807, 2.05) is 0 Å². The van der Waals surface area contributed by atoms with Gasteiger partial charge in [-0.05, 0) is 42.5 Å². The lowest BCUT2D eigenvalue weighted by molar-refractivity contribution is 0.0485. The van der Waals surface area contributed by atoms with Crippen LogP contribution < -0.4 is 9.47 Å². The molecule has 0 amide bonds. The van der Waals surface area contributed by atoms with Crippen molar-refractivity contribution in [3.05, 3.63) is 53.8 Å². The number of halogens is 1. The van der Waals surface area contributed by atoms with Crippen LogP contribution in [0.25, 0.3) is 0 Å². The molecule has 152 valence electrons. The molecule has 0 unspecified atom stereocenters. The molecule has 0 atom stereocenters. The molecule has 2 rings (SSSR count). The number of rotatable bonds is 9. The van der Waals surface area contributed by atoms with Crippen molar-refractivity contribution in [1.82, 2.24) is 4.31 Å². The molecule has 0 fully saturated rings. The van der Waals surface area contributed by atoms with Crippen molar-refractivity contribution in [2.45, 2.75) is 11.3 Å². The molecule has 0 aliphatic heterocycles. The van der Waals surface area contributed by atoms with E-state index < -0.39 is 16.0 Å². The molecular weight excluding hydrogens is 389 g/mol. The summed E-state index contributed by atoms with van der Waals surface area (Å²) in [7, 11) is 0.345. The third-order valence-electron chi connectivity index (χ3n) is 3.76. The van der Waals surface area contributed by atoms with Crippen LogP contribution in [0.15, 0.2) is 47.4 Å². The van der Waals surface area contributed by atoms with E-state index in [9.17, 15) is 17.6 Å². The SMILES string of the molecule is COc1ccc(C(=O)OCCCOc2ccc(F)cc2)cc1S(=O)(=O)N(C)C. The topological polar surface area (TPSA) is 82.1 Å². The van der Waals surface area contributed by atoms with Crippen LogP contribution in [0.2, 0.25) is 0 Å². The van der Waals surface area contributed by atoms with Crippen LogP contribution in [-0.2, 0) is 14.8 Å². The van der Waals surface area contributed by atoms with E-state index in [-0.39, 0.29) is 35.2 Å². The van der Waals surface area contributed by atoms with Gasteiger partial charge in [0.2, 0.25) is 10.0 Å². The van der Waals surface area contributed by atoms with E-state index in [0.717, 1.165) is 4.31 Å². The molecule has 0 saturated carbocycles. The highest BCUT2D eigenvalue weighted by atomic mass is 32.2. The van der Waals surface area contributed by atoms with Crippen molar-refractivity contribution in [2.75, 3.05) is 34.4 Å². The Labute approximate surface area is 163 Å². The fourth-order valence-corrected chi connectivity index (χ4v) is 3.30. The molecule has 2 aromatic rings. The van der Waals surface area contributed by atoms with Gasteiger partial charge in [-0.25, -0.2) is 21.9 Å². The molecule has 28 heavy (non-hydrogen) atoms. The number of carbonyl (C=O) groups excluding carboxylic acids is 1. The molecule has 7 nitrogen and oxygen atoms in total. The minimum atomic E-state index is -3.78. The van der Waals surface area contributed by atoms with Gasteiger partial charge >= 0.3 is 5.97 Å². The van der Waals surface area contributed by atoms with E-state index in [1.165, 1.54) is 63.7 Å². The van der Waals surface area contributed by atoms with Crippen molar-refractivity contribution >= 4 is 16.0 Å². The van der Waals surface area contributed by atoms with Crippen molar-refractivity contribution in [3.8, 4) is 11.5 Å². The highest BCUT2D eigenvalue weighted by Crippen LogP contribution is 2.27. The van der Waals surface area contributed by atoms with Crippen molar-refractivity contribution < 1.29 is 31.8 Å². The second kappa shape index (κ2) is 9.52. The summed E-state index contributed by atoms with van der Waals surface area (Å²) in [5.41, 5.74) is 0.0978. The first-order valence-corrected chi connectivity index (χ1v) is 9.86. The van der Waals surface area contributed by atoms with Crippen molar-refractivity contribution in [3.63, 3.8) is 0 Å². The van der Waals surface area contributed by atoms with Crippen LogP contribution in [0.3, 0.4) is 0 Å². The molecule has 0 heterocycles. The minimum Gasteiger partial charge on any atom is -0.495 e. The number of benzene rings is 2. The number of hydrogen-bond acceptors (Lipinski definition) is 6. The lowest BCUT2D eigenvalue weighted by atomic mass is 10.2. The van der Waals surface area contributed by atoms with E-state index in [2.05, 4.69) is 0 Å².